The third kappa shape index (κ3) is 5.43. The summed E-state index contributed by atoms with van der Waals surface area (Å²) in [4.78, 5) is 32.6. The minimum atomic E-state index is -0.599. The lowest BCUT2D eigenvalue weighted by molar-refractivity contribution is -0.139. The molecular formula is C29H25ClN2O5S2. The van der Waals surface area contributed by atoms with Gasteiger partial charge < -0.3 is 14.2 Å². The summed E-state index contributed by atoms with van der Waals surface area (Å²) >= 11 is 9.00. The molecule has 2 aromatic carbocycles. The van der Waals surface area contributed by atoms with Gasteiger partial charge in [0.25, 0.3) is 5.56 Å². The Hall–Kier alpha value is -3.66. The first-order valence-corrected chi connectivity index (χ1v) is 14.3. The van der Waals surface area contributed by atoms with Crippen LogP contribution in [0.3, 0.4) is 0 Å². The number of carbonyl (C=O) groups is 1. The van der Waals surface area contributed by atoms with E-state index in [4.69, 9.17) is 25.8 Å². The third-order valence-corrected chi connectivity index (χ3v) is 8.43. The summed E-state index contributed by atoms with van der Waals surface area (Å²) in [5.41, 5.74) is 2.31. The first kappa shape index (κ1) is 26.9. The van der Waals surface area contributed by atoms with Crippen LogP contribution >= 0.6 is 34.3 Å². The standard InChI is InChI=1S/C29H25ClN2O5S2/c1-4-36-28(34)25-17(2)31-29-32(26(25)23-10-7-13-38-23)27(33)24(39-29)15-18-11-12-21(22(14-18)35-3)37-16-19-8-5-6-9-20(19)30/h5-15,26H,4,16H2,1-3H3/b24-15+/t26-/m0/s1. The predicted octanol–water partition coefficient (Wildman–Crippen LogP) is 5.10. The first-order chi connectivity index (χ1) is 18.9. The van der Waals surface area contributed by atoms with Crippen molar-refractivity contribution in [3.8, 4) is 11.5 Å². The van der Waals surface area contributed by atoms with Crippen molar-refractivity contribution in [2.75, 3.05) is 13.7 Å². The van der Waals surface area contributed by atoms with Gasteiger partial charge in [-0.2, -0.15) is 0 Å². The SMILES string of the molecule is CCOC(=O)C1=C(C)N=c2s/c(=C/c3ccc(OCc4ccccc4Cl)c(OC)c3)c(=O)n2[C@H]1c1cccs1. The molecule has 0 spiro atoms. The summed E-state index contributed by atoms with van der Waals surface area (Å²) in [7, 11) is 1.57. The maximum atomic E-state index is 13.7. The molecule has 0 saturated carbocycles. The molecule has 0 amide bonds. The molecule has 3 heterocycles. The Morgan fingerprint density at radius 3 is 2.69 bits per heavy atom. The molecule has 0 saturated heterocycles. The molecular weight excluding hydrogens is 556 g/mol. The number of halogens is 1. The van der Waals surface area contributed by atoms with Crippen LogP contribution in [-0.2, 0) is 16.1 Å². The fourth-order valence-electron chi connectivity index (χ4n) is 4.32. The highest BCUT2D eigenvalue weighted by Crippen LogP contribution is 2.33. The van der Waals surface area contributed by atoms with Crippen LogP contribution in [0.5, 0.6) is 11.5 Å². The van der Waals surface area contributed by atoms with Crippen LogP contribution in [0.4, 0.5) is 0 Å². The van der Waals surface area contributed by atoms with Crippen molar-refractivity contribution >= 4 is 46.3 Å². The Morgan fingerprint density at radius 2 is 1.97 bits per heavy atom. The zero-order valence-electron chi connectivity index (χ0n) is 21.5. The lowest BCUT2D eigenvalue weighted by Crippen LogP contribution is -2.39. The van der Waals surface area contributed by atoms with Gasteiger partial charge in [-0.15, -0.1) is 11.3 Å². The highest BCUT2D eigenvalue weighted by molar-refractivity contribution is 7.10. The van der Waals surface area contributed by atoms with Crippen molar-refractivity contribution in [1.29, 1.82) is 0 Å². The number of allylic oxidation sites excluding steroid dienone is 1. The van der Waals surface area contributed by atoms with Crippen LogP contribution in [0, 0.1) is 0 Å². The summed E-state index contributed by atoms with van der Waals surface area (Å²) < 4.78 is 18.9. The van der Waals surface area contributed by atoms with Crippen LogP contribution in [0.1, 0.15) is 35.9 Å². The zero-order chi connectivity index (χ0) is 27.5. The lowest BCUT2D eigenvalue weighted by atomic mass is 10.0. The molecule has 1 atom stereocenters. The molecule has 4 aromatic rings. The number of hydrogen-bond donors (Lipinski definition) is 0. The Morgan fingerprint density at radius 1 is 1.15 bits per heavy atom. The topological polar surface area (TPSA) is 79.1 Å². The molecule has 0 radical (unpaired) electrons. The second kappa shape index (κ2) is 11.6. The minimum Gasteiger partial charge on any atom is -0.493 e. The molecule has 0 N–H and O–H groups in total. The van der Waals surface area contributed by atoms with Gasteiger partial charge in [0.05, 0.1) is 29.5 Å². The second-order valence-electron chi connectivity index (χ2n) is 8.61. The van der Waals surface area contributed by atoms with E-state index in [2.05, 4.69) is 4.99 Å². The summed E-state index contributed by atoms with van der Waals surface area (Å²) in [6.45, 7) is 4.05. The van der Waals surface area contributed by atoms with Gasteiger partial charge >= 0.3 is 5.97 Å². The number of nitrogens with zero attached hydrogens (tertiary/aromatic N) is 2. The molecule has 10 heteroatoms. The van der Waals surface area contributed by atoms with Crippen LogP contribution in [-0.4, -0.2) is 24.3 Å². The average Bonchev–Trinajstić information content (AvgIpc) is 3.56. The first-order valence-electron chi connectivity index (χ1n) is 12.2. The van der Waals surface area contributed by atoms with E-state index < -0.39 is 12.0 Å². The Balaban J connectivity index is 1.52. The molecule has 39 heavy (non-hydrogen) atoms. The number of aromatic nitrogens is 1. The summed E-state index contributed by atoms with van der Waals surface area (Å²) in [5, 5.41) is 2.55. The maximum Gasteiger partial charge on any atom is 0.338 e. The number of carbonyl (C=O) groups excluding carboxylic acids is 1. The second-order valence-corrected chi connectivity index (χ2v) is 11.0. The molecule has 1 aliphatic rings. The number of benzene rings is 2. The Labute approximate surface area is 237 Å². The third-order valence-electron chi connectivity index (χ3n) is 6.16. The number of esters is 1. The molecule has 1 aliphatic heterocycles. The fraction of sp³-hybridized carbons (Fsp3) is 0.207. The van der Waals surface area contributed by atoms with E-state index in [-0.39, 0.29) is 12.2 Å². The molecule has 0 fully saturated rings. The monoisotopic (exact) mass is 580 g/mol. The van der Waals surface area contributed by atoms with E-state index in [1.807, 2.05) is 53.9 Å². The number of thiophene rings is 1. The summed E-state index contributed by atoms with van der Waals surface area (Å²) in [6.07, 6.45) is 1.79. The highest BCUT2D eigenvalue weighted by atomic mass is 35.5. The van der Waals surface area contributed by atoms with E-state index >= 15 is 0 Å². The number of ether oxygens (including phenoxy) is 3. The summed E-state index contributed by atoms with van der Waals surface area (Å²) in [6, 6.07) is 16.2. The van der Waals surface area contributed by atoms with E-state index in [0.717, 1.165) is 16.0 Å². The molecule has 5 rings (SSSR count). The Kier molecular flexibility index (Phi) is 8.02. The average molecular weight is 581 g/mol. The van der Waals surface area contributed by atoms with Gasteiger partial charge in [0.2, 0.25) is 0 Å². The van der Waals surface area contributed by atoms with E-state index in [9.17, 15) is 9.59 Å². The molecule has 0 unspecified atom stereocenters. The number of rotatable bonds is 8. The van der Waals surface area contributed by atoms with Gasteiger partial charge in [-0.1, -0.05) is 53.3 Å². The molecule has 7 nitrogen and oxygen atoms in total. The highest BCUT2D eigenvalue weighted by Gasteiger charge is 2.33. The van der Waals surface area contributed by atoms with Gasteiger partial charge in [-0.05, 0) is 55.1 Å². The normalized spacial score (nSPS) is 15.1. The van der Waals surface area contributed by atoms with Gasteiger partial charge in [-0.3, -0.25) is 9.36 Å². The van der Waals surface area contributed by atoms with E-state index in [1.165, 1.54) is 22.7 Å². The van der Waals surface area contributed by atoms with E-state index in [0.29, 0.717) is 43.7 Å². The Bertz CT molecular complexity index is 1740. The number of thiazole rings is 1. The van der Waals surface area contributed by atoms with Gasteiger partial charge in [-0.25, -0.2) is 9.79 Å². The van der Waals surface area contributed by atoms with Crippen molar-refractivity contribution in [1.82, 2.24) is 4.57 Å². The van der Waals surface area contributed by atoms with Crippen molar-refractivity contribution in [2.24, 2.45) is 4.99 Å². The van der Waals surface area contributed by atoms with Crippen molar-refractivity contribution < 1.29 is 19.0 Å². The van der Waals surface area contributed by atoms with Crippen molar-refractivity contribution in [3.63, 3.8) is 0 Å². The smallest absolute Gasteiger partial charge is 0.338 e. The van der Waals surface area contributed by atoms with Crippen LogP contribution < -0.4 is 24.4 Å². The number of hydrogen-bond acceptors (Lipinski definition) is 8. The maximum absolute atomic E-state index is 13.7. The molecule has 2 aromatic heterocycles. The zero-order valence-corrected chi connectivity index (χ0v) is 23.9. The predicted molar refractivity (Wildman–Crippen MR) is 153 cm³/mol. The number of fused-ring (bicyclic) bond motifs is 1. The quantitative estimate of drug-likeness (QED) is 0.271. The summed E-state index contributed by atoms with van der Waals surface area (Å²) in [5.74, 6) is 0.618. The molecule has 0 bridgehead atoms. The van der Waals surface area contributed by atoms with Crippen LogP contribution in [0.15, 0.2) is 81.0 Å². The lowest BCUT2D eigenvalue weighted by Gasteiger charge is -2.23. The van der Waals surface area contributed by atoms with E-state index in [1.54, 1.807) is 37.7 Å². The minimum absolute atomic E-state index is 0.232. The number of methoxy groups -OCH3 is 1. The van der Waals surface area contributed by atoms with Crippen LogP contribution in [0.2, 0.25) is 5.02 Å². The fourth-order valence-corrected chi connectivity index (χ4v) is 6.38. The van der Waals surface area contributed by atoms with Gasteiger partial charge in [0.1, 0.15) is 12.6 Å². The van der Waals surface area contributed by atoms with Crippen molar-refractivity contribution in [2.45, 2.75) is 26.5 Å². The van der Waals surface area contributed by atoms with Crippen molar-refractivity contribution in [3.05, 3.63) is 112 Å². The van der Waals surface area contributed by atoms with Gasteiger partial charge in [0.15, 0.2) is 16.3 Å². The molecule has 200 valence electrons. The van der Waals surface area contributed by atoms with Gasteiger partial charge in [0, 0.05) is 15.5 Å². The largest absolute Gasteiger partial charge is 0.493 e. The van der Waals surface area contributed by atoms with Crippen LogP contribution in [0.25, 0.3) is 6.08 Å². The molecule has 0 aliphatic carbocycles.